The number of halogens is 1. The van der Waals surface area contributed by atoms with Gasteiger partial charge in [0.2, 0.25) is 5.91 Å². The first-order chi connectivity index (χ1) is 16.4. The van der Waals surface area contributed by atoms with E-state index >= 15 is 0 Å². The van der Waals surface area contributed by atoms with E-state index in [0.29, 0.717) is 27.2 Å². The molecule has 0 spiro atoms. The van der Waals surface area contributed by atoms with Crippen LogP contribution in [0.4, 0.5) is 10.9 Å². The maximum atomic E-state index is 13.7. The third-order valence-corrected chi connectivity index (χ3v) is 8.21. The highest BCUT2D eigenvalue weighted by Gasteiger charge is 2.53. The largest absolute Gasteiger partial charge is 0.316 e. The number of aryl methyl sites for hydroxylation is 1. The van der Waals surface area contributed by atoms with Crippen molar-refractivity contribution in [3.8, 4) is 0 Å². The number of thiazole rings is 1. The number of Topliss-reactive ketones (excluding diaryl/α,β-unsaturated/α-hetero) is 1. The predicted octanol–water partition coefficient (Wildman–Crippen LogP) is 5.98. The summed E-state index contributed by atoms with van der Waals surface area (Å²) in [7, 11) is 0. The molecule has 2 unspecified atom stereocenters. The number of anilines is 2. The second-order valence-corrected chi connectivity index (χ2v) is 10.8. The third-order valence-electron chi connectivity index (χ3n) is 5.81. The van der Waals surface area contributed by atoms with Gasteiger partial charge < -0.3 is 5.32 Å². The van der Waals surface area contributed by atoms with Crippen molar-refractivity contribution in [2.24, 2.45) is 0 Å². The van der Waals surface area contributed by atoms with Crippen molar-refractivity contribution in [1.82, 2.24) is 14.3 Å². The molecule has 1 aliphatic heterocycles. The molecule has 1 saturated heterocycles. The van der Waals surface area contributed by atoms with E-state index in [2.05, 4.69) is 23.1 Å². The average Bonchev–Trinajstić information content (AvgIpc) is 3.50. The Morgan fingerprint density at radius 2 is 2.00 bits per heavy atom. The van der Waals surface area contributed by atoms with Gasteiger partial charge in [0.05, 0.1) is 5.69 Å². The van der Waals surface area contributed by atoms with Gasteiger partial charge >= 0.3 is 0 Å². The fraction of sp³-hybridized carbons (Fsp3) is 0.167. The number of aromatic nitrogens is 2. The monoisotopic (exact) mass is 526 g/mol. The zero-order valence-corrected chi connectivity index (χ0v) is 21.2. The molecular formula is C24H19ClN4O2S3. The van der Waals surface area contributed by atoms with Crippen molar-refractivity contribution >= 4 is 69.7 Å². The van der Waals surface area contributed by atoms with Crippen LogP contribution in [-0.2, 0) is 15.1 Å². The number of carbonyl (C=O) groups excluding carboxylic acids is 2. The number of hydrogen-bond donors (Lipinski definition) is 2. The summed E-state index contributed by atoms with van der Waals surface area (Å²) < 4.78 is 1.35. The van der Waals surface area contributed by atoms with Crippen LogP contribution in [0.2, 0.25) is 5.02 Å². The topological polar surface area (TPSA) is 75.2 Å². The van der Waals surface area contributed by atoms with Crippen LogP contribution in [0.25, 0.3) is 0 Å². The van der Waals surface area contributed by atoms with Crippen molar-refractivity contribution in [2.45, 2.75) is 24.8 Å². The predicted molar refractivity (Wildman–Crippen MR) is 139 cm³/mol. The zero-order chi connectivity index (χ0) is 23.9. The molecule has 0 aliphatic carbocycles. The highest BCUT2D eigenvalue weighted by Crippen LogP contribution is 2.48. The fourth-order valence-corrected chi connectivity index (χ4v) is 6.26. The van der Waals surface area contributed by atoms with Gasteiger partial charge in [0.1, 0.15) is 17.3 Å². The summed E-state index contributed by atoms with van der Waals surface area (Å²) >= 11 is 14.0. The number of piperidine rings is 1. The van der Waals surface area contributed by atoms with E-state index in [4.69, 9.17) is 16.6 Å². The number of thiol groups is 1. The van der Waals surface area contributed by atoms with Gasteiger partial charge in [-0.05, 0) is 53.1 Å². The first-order valence-electron chi connectivity index (χ1n) is 10.4. The van der Waals surface area contributed by atoms with Gasteiger partial charge in [-0.15, -0.1) is 11.3 Å². The molecule has 6 nitrogen and oxygen atoms in total. The molecule has 4 heterocycles. The van der Waals surface area contributed by atoms with E-state index < -0.39 is 17.4 Å². The van der Waals surface area contributed by atoms with Crippen LogP contribution in [0.1, 0.15) is 34.0 Å². The van der Waals surface area contributed by atoms with E-state index in [-0.39, 0.29) is 12.2 Å². The van der Waals surface area contributed by atoms with Crippen molar-refractivity contribution in [2.75, 3.05) is 5.32 Å². The molecule has 34 heavy (non-hydrogen) atoms. The molecule has 1 N–H and O–H groups in total. The summed E-state index contributed by atoms with van der Waals surface area (Å²) in [5.41, 5.74) is 0.644. The SMILES string of the molecule is Cc1cnc(Nc2cccc(C3(c4ccsc4)CC(=O)C(c4ccccc4Cl)C(=O)N3S)n2)s1. The molecule has 1 aliphatic rings. The Balaban J connectivity index is 1.59. The van der Waals surface area contributed by atoms with Gasteiger partial charge in [-0.2, -0.15) is 11.3 Å². The molecular weight excluding hydrogens is 508 g/mol. The van der Waals surface area contributed by atoms with Crippen LogP contribution in [0.5, 0.6) is 0 Å². The number of nitrogens with one attached hydrogen (secondary N) is 1. The molecule has 1 fully saturated rings. The zero-order valence-electron chi connectivity index (χ0n) is 17.9. The van der Waals surface area contributed by atoms with E-state index in [1.54, 1.807) is 30.5 Å². The highest BCUT2D eigenvalue weighted by molar-refractivity contribution is 7.78. The first kappa shape index (κ1) is 23.0. The number of benzene rings is 1. The standard InChI is InChI=1S/C24H19ClN4O2S3/c1-14-12-26-23(34-14)28-20-8-4-7-19(27-20)24(15-9-10-33-13-15)11-18(30)21(22(31)29(24)32)16-5-2-3-6-17(16)25/h2-10,12-13,21,32H,11H2,1H3,(H,26,27,28). The Morgan fingerprint density at radius 3 is 2.71 bits per heavy atom. The maximum absolute atomic E-state index is 13.7. The molecule has 1 amide bonds. The number of hydrogen-bond acceptors (Lipinski definition) is 8. The van der Waals surface area contributed by atoms with Crippen LogP contribution in [0.15, 0.2) is 65.5 Å². The van der Waals surface area contributed by atoms with E-state index in [1.807, 2.05) is 41.9 Å². The number of ketones is 1. The van der Waals surface area contributed by atoms with Crippen LogP contribution < -0.4 is 5.32 Å². The van der Waals surface area contributed by atoms with Gasteiger partial charge in [0.15, 0.2) is 10.9 Å². The van der Waals surface area contributed by atoms with Crippen LogP contribution in [-0.4, -0.2) is 26.0 Å². The average molecular weight is 527 g/mol. The molecule has 1 aromatic carbocycles. The lowest BCUT2D eigenvalue weighted by molar-refractivity contribution is -0.142. The molecule has 3 aromatic heterocycles. The van der Waals surface area contributed by atoms with Gasteiger partial charge in [-0.1, -0.05) is 48.7 Å². The number of thiophene rings is 1. The smallest absolute Gasteiger partial charge is 0.248 e. The molecule has 2 atom stereocenters. The Labute approximate surface area is 215 Å². The minimum Gasteiger partial charge on any atom is -0.316 e. The molecule has 172 valence electrons. The lowest BCUT2D eigenvalue weighted by atomic mass is 9.75. The summed E-state index contributed by atoms with van der Waals surface area (Å²) in [6.07, 6.45) is 1.80. The number of nitrogens with zero attached hydrogens (tertiary/aromatic N) is 3. The van der Waals surface area contributed by atoms with Crippen LogP contribution in [0.3, 0.4) is 0 Å². The third kappa shape index (κ3) is 3.92. The lowest BCUT2D eigenvalue weighted by Crippen LogP contribution is -2.54. The Hall–Kier alpha value is -2.72. The quantitative estimate of drug-likeness (QED) is 0.247. The van der Waals surface area contributed by atoms with Gasteiger partial charge in [-0.25, -0.2) is 9.97 Å². The van der Waals surface area contributed by atoms with Gasteiger partial charge in [0, 0.05) is 22.5 Å². The normalized spacial score (nSPS) is 20.6. The second kappa shape index (κ2) is 9.14. The Bertz CT molecular complexity index is 1370. The van der Waals surface area contributed by atoms with E-state index in [0.717, 1.165) is 10.4 Å². The molecule has 5 rings (SSSR count). The number of carbonyl (C=O) groups is 2. The fourth-order valence-electron chi connectivity index (χ4n) is 4.22. The summed E-state index contributed by atoms with van der Waals surface area (Å²) in [5.74, 6) is -1.12. The first-order valence-corrected chi connectivity index (χ1v) is 12.9. The summed E-state index contributed by atoms with van der Waals surface area (Å²) in [5, 5.41) is 8.14. The Morgan fingerprint density at radius 1 is 1.18 bits per heavy atom. The molecule has 0 radical (unpaired) electrons. The van der Waals surface area contributed by atoms with Gasteiger partial charge in [0.25, 0.3) is 0 Å². The minimum atomic E-state index is -1.16. The van der Waals surface area contributed by atoms with Crippen molar-refractivity contribution in [1.29, 1.82) is 0 Å². The lowest BCUT2D eigenvalue weighted by Gasteiger charge is -2.45. The van der Waals surface area contributed by atoms with Crippen molar-refractivity contribution in [3.05, 3.63) is 92.2 Å². The summed E-state index contributed by atoms with van der Waals surface area (Å²) in [4.78, 5) is 37.5. The van der Waals surface area contributed by atoms with E-state index in [1.165, 1.54) is 27.0 Å². The molecule has 4 aromatic rings. The van der Waals surface area contributed by atoms with Crippen molar-refractivity contribution in [3.63, 3.8) is 0 Å². The molecule has 0 bridgehead atoms. The number of pyridine rings is 1. The highest BCUT2D eigenvalue weighted by atomic mass is 35.5. The van der Waals surface area contributed by atoms with Crippen LogP contribution in [0, 0.1) is 6.92 Å². The summed E-state index contributed by atoms with van der Waals surface area (Å²) in [6, 6.07) is 14.3. The summed E-state index contributed by atoms with van der Waals surface area (Å²) in [6.45, 7) is 1.98. The molecule has 0 saturated carbocycles. The molecule has 10 heteroatoms. The minimum absolute atomic E-state index is 0.0156. The maximum Gasteiger partial charge on any atom is 0.248 e. The number of amides is 1. The van der Waals surface area contributed by atoms with E-state index in [9.17, 15) is 9.59 Å². The Kier molecular flexibility index (Phi) is 6.20. The van der Waals surface area contributed by atoms with Gasteiger partial charge in [-0.3, -0.25) is 13.9 Å². The number of rotatable bonds is 5. The van der Waals surface area contributed by atoms with Crippen LogP contribution >= 0.6 is 47.1 Å². The second-order valence-electron chi connectivity index (χ2n) is 7.93. The van der Waals surface area contributed by atoms with Crippen molar-refractivity contribution < 1.29 is 9.59 Å².